The van der Waals surface area contributed by atoms with Gasteiger partial charge in [-0.3, -0.25) is 5.10 Å². The molecule has 8 heteroatoms. The normalized spacial score (nSPS) is 12.9. The molecule has 0 unspecified atom stereocenters. The number of hydrogen-bond acceptors (Lipinski definition) is 2. The average molecular weight is 230 g/mol. The zero-order valence-corrected chi connectivity index (χ0v) is 7.53. The number of halogens is 5. The quantitative estimate of drug-likeness (QED) is 0.810. The monoisotopic (exact) mass is 230 g/mol. The van der Waals surface area contributed by atoms with Crippen molar-refractivity contribution in [3.8, 4) is 5.88 Å². The molecule has 1 N–H and O–H groups in total. The zero-order valence-electron chi connectivity index (χ0n) is 7.53. The summed E-state index contributed by atoms with van der Waals surface area (Å²) in [4.78, 5) is 0. The number of aromatic nitrogens is 2. The number of H-pyrrole nitrogens is 1. The maximum absolute atomic E-state index is 12.7. The van der Waals surface area contributed by atoms with Gasteiger partial charge >= 0.3 is 12.1 Å². The van der Waals surface area contributed by atoms with Crippen LogP contribution in [0.5, 0.6) is 5.88 Å². The van der Waals surface area contributed by atoms with Crippen LogP contribution in [-0.4, -0.2) is 23.0 Å². The molecule has 1 aromatic heterocycles. The van der Waals surface area contributed by atoms with E-state index in [1.807, 2.05) is 0 Å². The largest absolute Gasteiger partial charge is 0.477 e. The molecule has 0 bridgehead atoms. The second-order valence-corrected chi connectivity index (χ2v) is 2.63. The minimum absolute atomic E-state index is 0.127. The summed E-state index contributed by atoms with van der Waals surface area (Å²) in [5.41, 5.74) is -1.33. The van der Waals surface area contributed by atoms with Crippen LogP contribution < -0.4 is 4.74 Å². The van der Waals surface area contributed by atoms with Crippen molar-refractivity contribution in [2.45, 2.75) is 19.0 Å². The second kappa shape index (κ2) is 3.67. The molecule has 0 aliphatic heterocycles. The fourth-order valence-corrected chi connectivity index (χ4v) is 0.839. The third-order valence-corrected chi connectivity index (χ3v) is 1.54. The Labute approximate surface area is 81.2 Å². The molecule has 0 radical (unpaired) electrons. The third-order valence-electron chi connectivity index (χ3n) is 1.54. The van der Waals surface area contributed by atoms with Gasteiger partial charge in [0.05, 0.1) is 6.61 Å². The molecule has 1 rings (SSSR count). The lowest BCUT2D eigenvalue weighted by atomic mass is 10.2. The average Bonchev–Trinajstić information content (AvgIpc) is 2.51. The molecule has 0 saturated carbocycles. The van der Waals surface area contributed by atoms with E-state index in [-0.39, 0.29) is 12.5 Å². The Kier molecular flexibility index (Phi) is 2.87. The van der Waals surface area contributed by atoms with E-state index in [1.165, 1.54) is 0 Å². The lowest BCUT2D eigenvalue weighted by Crippen LogP contribution is -2.33. The summed E-state index contributed by atoms with van der Waals surface area (Å²) in [5, 5.41) is 4.75. The van der Waals surface area contributed by atoms with Gasteiger partial charge in [0.1, 0.15) is 5.69 Å². The molecular formula is C7H7F5N2O. The van der Waals surface area contributed by atoms with Gasteiger partial charge in [0.25, 0.3) is 0 Å². The number of alkyl halides is 5. The van der Waals surface area contributed by atoms with Crippen LogP contribution in [0, 0.1) is 0 Å². The predicted octanol–water partition coefficient (Wildman–Crippen LogP) is 2.46. The molecule has 86 valence electrons. The van der Waals surface area contributed by atoms with Crippen LogP contribution in [0.2, 0.25) is 0 Å². The smallest absolute Gasteiger partial charge is 0.459 e. The highest BCUT2D eigenvalue weighted by Gasteiger charge is 2.60. The van der Waals surface area contributed by atoms with E-state index < -0.39 is 17.8 Å². The predicted molar refractivity (Wildman–Crippen MR) is 39.7 cm³/mol. The first-order valence-electron chi connectivity index (χ1n) is 3.92. The first kappa shape index (κ1) is 11.7. The van der Waals surface area contributed by atoms with Crippen LogP contribution in [-0.2, 0) is 5.92 Å². The molecule has 3 nitrogen and oxygen atoms in total. The van der Waals surface area contributed by atoms with Crippen molar-refractivity contribution in [2.24, 2.45) is 0 Å². The molecule has 0 aliphatic rings. The van der Waals surface area contributed by atoms with E-state index in [1.54, 1.807) is 12.0 Å². The summed E-state index contributed by atoms with van der Waals surface area (Å²) in [6, 6.07) is 0.525. The number of aromatic amines is 1. The van der Waals surface area contributed by atoms with Crippen LogP contribution in [0.15, 0.2) is 6.07 Å². The van der Waals surface area contributed by atoms with Crippen LogP contribution in [0.3, 0.4) is 0 Å². The van der Waals surface area contributed by atoms with Crippen molar-refractivity contribution in [3.63, 3.8) is 0 Å². The molecule has 0 atom stereocenters. The van der Waals surface area contributed by atoms with E-state index in [4.69, 9.17) is 0 Å². The fraction of sp³-hybridized carbons (Fsp3) is 0.571. The molecule has 1 heterocycles. The maximum Gasteiger partial charge on any atom is 0.459 e. The number of ether oxygens (including phenoxy) is 1. The van der Waals surface area contributed by atoms with Gasteiger partial charge < -0.3 is 4.74 Å². The van der Waals surface area contributed by atoms with Crippen LogP contribution in [0.4, 0.5) is 22.0 Å². The molecule has 15 heavy (non-hydrogen) atoms. The molecular weight excluding hydrogens is 223 g/mol. The van der Waals surface area contributed by atoms with E-state index in [0.29, 0.717) is 6.07 Å². The summed E-state index contributed by atoms with van der Waals surface area (Å²) in [5.74, 6) is -5.24. The SMILES string of the molecule is CCOc1cc(C(F)(F)C(F)(F)F)[nH]n1. The summed E-state index contributed by atoms with van der Waals surface area (Å²) in [7, 11) is 0. The first-order valence-corrected chi connectivity index (χ1v) is 3.92. The molecule has 0 saturated heterocycles. The summed E-state index contributed by atoms with van der Waals surface area (Å²) in [6.45, 7) is 1.68. The maximum atomic E-state index is 12.7. The van der Waals surface area contributed by atoms with Gasteiger partial charge in [0.15, 0.2) is 0 Å². The van der Waals surface area contributed by atoms with Crippen molar-refractivity contribution >= 4 is 0 Å². The molecule has 0 aromatic carbocycles. The van der Waals surface area contributed by atoms with Gasteiger partial charge in [0.2, 0.25) is 5.88 Å². The summed E-state index contributed by atoms with van der Waals surface area (Å²) >= 11 is 0. The summed E-state index contributed by atoms with van der Waals surface area (Å²) in [6.07, 6.45) is -5.65. The van der Waals surface area contributed by atoms with E-state index in [2.05, 4.69) is 9.84 Å². The third kappa shape index (κ3) is 2.18. The molecule has 0 spiro atoms. The van der Waals surface area contributed by atoms with Gasteiger partial charge in [-0.05, 0) is 6.92 Å². The minimum atomic E-state index is -5.65. The fourth-order valence-electron chi connectivity index (χ4n) is 0.839. The van der Waals surface area contributed by atoms with Crippen molar-refractivity contribution in [1.29, 1.82) is 0 Å². The number of nitrogens with zero attached hydrogens (tertiary/aromatic N) is 1. The zero-order chi connectivity index (χ0) is 11.7. The first-order chi connectivity index (χ1) is 6.79. The van der Waals surface area contributed by atoms with E-state index >= 15 is 0 Å². The van der Waals surface area contributed by atoms with Gasteiger partial charge in [-0.25, -0.2) is 0 Å². The topological polar surface area (TPSA) is 37.9 Å². The van der Waals surface area contributed by atoms with Crippen molar-refractivity contribution in [1.82, 2.24) is 10.2 Å². The van der Waals surface area contributed by atoms with Crippen molar-refractivity contribution in [2.75, 3.05) is 6.61 Å². The van der Waals surface area contributed by atoms with Crippen molar-refractivity contribution in [3.05, 3.63) is 11.8 Å². The second-order valence-electron chi connectivity index (χ2n) is 2.63. The Balaban J connectivity index is 2.95. The molecule has 0 fully saturated rings. The van der Waals surface area contributed by atoms with Crippen LogP contribution >= 0.6 is 0 Å². The van der Waals surface area contributed by atoms with Gasteiger partial charge in [-0.2, -0.15) is 22.0 Å². The molecule has 0 aliphatic carbocycles. The highest BCUT2D eigenvalue weighted by Crippen LogP contribution is 2.43. The highest BCUT2D eigenvalue weighted by molar-refractivity contribution is 5.19. The lowest BCUT2D eigenvalue weighted by Gasteiger charge is -2.17. The Morgan fingerprint density at radius 1 is 1.33 bits per heavy atom. The van der Waals surface area contributed by atoms with E-state index in [0.717, 1.165) is 0 Å². The molecule has 0 amide bonds. The van der Waals surface area contributed by atoms with E-state index in [9.17, 15) is 22.0 Å². The summed E-state index contributed by atoms with van der Waals surface area (Å²) < 4.78 is 65.6. The van der Waals surface area contributed by atoms with Gasteiger partial charge in [-0.1, -0.05) is 0 Å². The Morgan fingerprint density at radius 3 is 2.40 bits per heavy atom. The molecule has 1 aromatic rings. The standard InChI is InChI=1S/C7H7F5N2O/c1-2-15-5-3-4(13-14-5)6(8,9)7(10,11)12/h3H,2H2,1H3,(H,13,14). The van der Waals surface area contributed by atoms with Gasteiger partial charge in [0, 0.05) is 6.07 Å². The van der Waals surface area contributed by atoms with Crippen LogP contribution in [0.25, 0.3) is 0 Å². The van der Waals surface area contributed by atoms with Gasteiger partial charge in [-0.15, -0.1) is 5.10 Å². The highest BCUT2D eigenvalue weighted by atomic mass is 19.4. The minimum Gasteiger partial charge on any atom is -0.477 e. The van der Waals surface area contributed by atoms with Crippen molar-refractivity contribution < 1.29 is 26.7 Å². The number of rotatable bonds is 3. The number of nitrogens with one attached hydrogen (secondary N) is 1. The lowest BCUT2D eigenvalue weighted by molar-refractivity contribution is -0.290. The van der Waals surface area contributed by atoms with Crippen LogP contribution in [0.1, 0.15) is 12.6 Å². The Hall–Kier alpha value is -1.34. The Morgan fingerprint density at radius 2 is 1.93 bits per heavy atom. The number of hydrogen-bond donors (Lipinski definition) is 1. The Bertz CT molecular complexity index is 332.